The highest BCUT2D eigenvalue weighted by Crippen LogP contribution is 2.31. The molecule has 5 heteroatoms. The Bertz CT molecular complexity index is 539. The van der Waals surface area contributed by atoms with Gasteiger partial charge in [0, 0.05) is 18.1 Å². The van der Waals surface area contributed by atoms with Gasteiger partial charge in [-0.25, -0.2) is 4.39 Å². The maximum Gasteiger partial charge on any atom is 0.184 e. The molecular weight excluding hydrogens is 245 g/mol. The van der Waals surface area contributed by atoms with E-state index < -0.39 is 5.82 Å². The highest BCUT2D eigenvalue weighted by atomic mass is 35.5. The number of nitrogens with one attached hydrogen (secondary N) is 1. The van der Waals surface area contributed by atoms with Gasteiger partial charge in [0.15, 0.2) is 11.4 Å². The lowest BCUT2D eigenvalue weighted by Gasteiger charge is -2.00. The molecule has 1 aromatic heterocycles. The minimum absolute atomic E-state index is 0.0613. The van der Waals surface area contributed by atoms with Crippen LogP contribution in [0, 0.1) is 5.82 Å². The Balaban J connectivity index is 2.65. The lowest BCUT2D eigenvalue weighted by molar-refractivity contribution is 0.183. The third kappa shape index (κ3) is 2.16. The van der Waals surface area contributed by atoms with E-state index in [0.717, 1.165) is 5.56 Å². The third-order valence-electron chi connectivity index (χ3n) is 2.56. The highest BCUT2D eigenvalue weighted by molar-refractivity contribution is 6.31. The van der Waals surface area contributed by atoms with Gasteiger partial charge in [0.2, 0.25) is 0 Å². The Morgan fingerprint density at radius 1 is 1.47 bits per heavy atom. The second-order valence-electron chi connectivity index (χ2n) is 3.71. The Labute approximate surface area is 103 Å². The van der Waals surface area contributed by atoms with Gasteiger partial charge >= 0.3 is 0 Å². The number of hydrogen-bond acceptors (Lipinski definition) is 3. The maximum absolute atomic E-state index is 13.8. The molecule has 0 unspecified atom stereocenters. The monoisotopic (exact) mass is 257 g/mol. The van der Waals surface area contributed by atoms with Gasteiger partial charge in [0.1, 0.15) is 5.76 Å². The largest absolute Gasteiger partial charge is 0.456 e. The van der Waals surface area contributed by atoms with Gasteiger partial charge in [0.05, 0.1) is 18.2 Å². The number of ether oxygens (including phenoxy) is 1. The van der Waals surface area contributed by atoms with Crippen LogP contribution >= 0.6 is 11.6 Å². The fourth-order valence-corrected chi connectivity index (χ4v) is 1.96. The van der Waals surface area contributed by atoms with E-state index in [9.17, 15) is 4.39 Å². The Morgan fingerprint density at radius 3 is 2.88 bits per heavy atom. The van der Waals surface area contributed by atoms with E-state index in [1.165, 1.54) is 6.07 Å². The number of methoxy groups -OCH3 is 1. The van der Waals surface area contributed by atoms with Crippen LogP contribution in [0.3, 0.4) is 0 Å². The SMILES string of the molecule is CNCc1oc2c(F)c(Cl)ccc2c1COC. The number of furan rings is 1. The number of halogens is 2. The van der Waals surface area contributed by atoms with E-state index in [0.29, 0.717) is 24.3 Å². The Kier molecular flexibility index (Phi) is 3.66. The van der Waals surface area contributed by atoms with Gasteiger partial charge in [-0.3, -0.25) is 0 Å². The summed E-state index contributed by atoms with van der Waals surface area (Å²) < 4.78 is 24.4. The number of rotatable bonds is 4. The molecule has 0 bridgehead atoms. The van der Waals surface area contributed by atoms with Gasteiger partial charge < -0.3 is 14.5 Å². The van der Waals surface area contributed by atoms with E-state index in [1.54, 1.807) is 20.2 Å². The van der Waals surface area contributed by atoms with E-state index in [1.807, 2.05) is 0 Å². The molecule has 1 heterocycles. The molecule has 0 spiro atoms. The molecule has 0 amide bonds. The molecule has 0 aliphatic carbocycles. The molecule has 17 heavy (non-hydrogen) atoms. The summed E-state index contributed by atoms with van der Waals surface area (Å²) >= 11 is 5.72. The molecule has 0 radical (unpaired) electrons. The molecule has 0 atom stereocenters. The van der Waals surface area contributed by atoms with Crippen molar-refractivity contribution in [2.24, 2.45) is 0 Å². The molecule has 0 aliphatic heterocycles. The first-order chi connectivity index (χ1) is 8.19. The second-order valence-corrected chi connectivity index (χ2v) is 4.11. The van der Waals surface area contributed by atoms with E-state index in [-0.39, 0.29) is 10.6 Å². The summed E-state index contributed by atoms with van der Waals surface area (Å²) in [4.78, 5) is 0. The van der Waals surface area contributed by atoms with Crippen LogP contribution in [0.1, 0.15) is 11.3 Å². The lowest BCUT2D eigenvalue weighted by atomic mass is 10.1. The number of fused-ring (bicyclic) bond motifs is 1. The normalized spacial score (nSPS) is 11.3. The molecule has 92 valence electrons. The Morgan fingerprint density at radius 2 is 2.24 bits per heavy atom. The van der Waals surface area contributed by atoms with Crippen molar-refractivity contribution in [3.8, 4) is 0 Å². The number of benzene rings is 1. The van der Waals surface area contributed by atoms with Crippen molar-refractivity contribution < 1.29 is 13.5 Å². The average molecular weight is 258 g/mol. The summed E-state index contributed by atoms with van der Waals surface area (Å²) in [6.45, 7) is 0.898. The fraction of sp³-hybridized carbons (Fsp3) is 0.333. The van der Waals surface area contributed by atoms with Crippen molar-refractivity contribution in [2.45, 2.75) is 13.2 Å². The number of hydrogen-bond donors (Lipinski definition) is 1. The molecule has 3 nitrogen and oxygen atoms in total. The molecular formula is C12H13ClFNO2. The van der Waals surface area contributed by atoms with Gasteiger partial charge in [-0.2, -0.15) is 0 Å². The second kappa shape index (κ2) is 5.04. The van der Waals surface area contributed by atoms with Gasteiger partial charge in [0.25, 0.3) is 0 Å². The molecule has 2 aromatic rings. The molecule has 0 saturated heterocycles. The van der Waals surface area contributed by atoms with Crippen LogP contribution < -0.4 is 5.32 Å². The molecule has 0 aliphatic rings. The first-order valence-electron chi connectivity index (χ1n) is 5.20. The van der Waals surface area contributed by atoms with Crippen molar-refractivity contribution in [3.05, 3.63) is 34.3 Å². The van der Waals surface area contributed by atoms with Crippen molar-refractivity contribution in [3.63, 3.8) is 0 Å². The zero-order valence-electron chi connectivity index (χ0n) is 9.64. The third-order valence-corrected chi connectivity index (χ3v) is 2.85. The van der Waals surface area contributed by atoms with Crippen molar-refractivity contribution in [1.82, 2.24) is 5.32 Å². The summed E-state index contributed by atoms with van der Waals surface area (Å²) in [5.74, 6) is 0.148. The van der Waals surface area contributed by atoms with Crippen LogP contribution in [-0.4, -0.2) is 14.2 Å². The minimum Gasteiger partial charge on any atom is -0.456 e. The summed E-state index contributed by atoms with van der Waals surface area (Å²) in [6, 6.07) is 3.27. The van der Waals surface area contributed by atoms with Crippen molar-refractivity contribution in [2.75, 3.05) is 14.2 Å². The van der Waals surface area contributed by atoms with Crippen LogP contribution in [-0.2, 0) is 17.9 Å². The predicted molar refractivity (Wildman–Crippen MR) is 64.7 cm³/mol. The topological polar surface area (TPSA) is 34.4 Å². The lowest BCUT2D eigenvalue weighted by Crippen LogP contribution is -2.06. The first-order valence-corrected chi connectivity index (χ1v) is 5.58. The first kappa shape index (κ1) is 12.4. The van der Waals surface area contributed by atoms with Crippen molar-refractivity contribution in [1.29, 1.82) is 0 Å². The van der Waals surface area contributed by atoms with Crippen LogP contribution in [0.4, 0.5) is 4.39 Å². The molecule has 1 N–H and O–H groups in total. The van der Waals surface area contributed by atoms with Gasteiger partial charge in [-0.1, -0.05) is 11.6 Å². The zero-order valence-corrected chi connectivity index (χ0v) is 10.4. The summed E-state index contributed by atoms with van der Waals surface area (Å²) in [5, 5.41) is 3.74. The zero-order chi connectivity index (χ0) is 12.4. The van der Waals surface area contributed by atoms with Gasteiger partial charge in [-0.05, 0) is 19.2 Å². The Hall–Kier alpha value is -1.10. The smallest absolute Gasteiger partial charge is 0.184 e. The van der Waals surface area contributed by atoms with Crippen molar-refractivity contribution >= 4 is 22.6 Å². The van der Waals surface area contributed by atoms with Crippen LogP contribution in [0.2, 0.25) is 5.02 Å². The maximum atomic E-state index is 13.8. The highest BCUT2D eigenvalue weighted by Gasteiger charge is 2.17. The fourth-order valence-electron chi connectivity index (χ4n) is 1.81. The quantitative estimate of drug-likeness (QED) is 0.914. The van der Waals surface area contributed by atoms with Gasteiger partial charge in [-0.15, -0.1) is 0 Å². The van der Waals surface area contributed by atoms with Crippen LogP contribution in [0.5, 0.6) is 0 Å². The molecule has 2 rings (SSSR count). The van der Waals surface area contributed by atoms with Crippen LogP contribution in [0.25, 0.3) is 11.0 Å². The van der Waals surface area contributed by atoms with Crippen LogP contribution in [0.15, 0.2) is 16.5 Å². The summed E-state index contributed by atoms with van der Waals surface area (Å²) in [7, 11) is 3.39. The molecule has 0 saturated carbocycles. The average Bonchev–Trinajstić information content (AvgIpc) is 2.65. The van der Waals surface area contributed by atoms with E-state index >= 15 is 0 Å². The summed E-state index contributed by atoms with van der Waals surface area (Å²) in [5.41, 5.74) is 1.04. The van der Waals surface area contributed by atoms with E-state index in [2.05, 4.69) is 5.32 Å². The van der Waals surface area contributed by atoms with E-state index in [4.69, 9.17) is 20.8 Å². The minimum atomic E-state index is -0.524. The molecule has 0 fully saturated rings. The predicted octanol–water partition coefficient (Wildman–Crippen LogP) is 3.09. The summed E-state index contributed by atoms with van der Waals surface area (Å²) in [6.07, 6.45) is 0. The standard InChI is InChI=1S/C12H13ClFNO2/c1-15-5-10-8(6-16-2)7-3-4-9(13)11(14)12(7)17-10/h3-4,15H,5-6H2,1-2H3. The molecule has 1 aromatic carbocycles.